The van der Waals surface area contributed by atoms with Gasteiger partial charge >= 0.3 is 0 Å². The minimum atomic E-state index is 0.683. The lowest BCUT2D eigenvalue weighted by atomic mass is 10.1. The average Bonchev–Trinajstić information content (AvgIpc) is 2.88. The van der Waals surface area contributed by atoms with E-state index in [1.165, 1.54) is 37.7 Å². The predicted molar refractivity (Wildman–Crippen MR) is 67.5 cm³/mol. The Kier molecular flexibility index (Phi) is 3.81. The molecule has 0 saturated heterocycles. The van der Waals surface area contributed by atoms with E-state index in [1.54, 1.807) is 0 Å². The van der Waals surface area contributed by atoms with Crippen molar-refractivity contribution in [3.05, 3.63) is 22.4 Å². The van der Waals surface area contributed by atoms with Crippen LogP contribution in [0.2, 0.25) is 0 Å². The largest absolute Gasteiger partial charge is 0.300 e. The van der Waals surface area contributed by atoms with Crippen LogP contribution >= 0.6 is 11.3 Å². The molecule has 1 nitrogen and oxygen atoms in total. The van der Waals surface area contributed by atoms with Gasteiger partial charge in [-0.1, -0.05) is 12.8 Å². The number of thiophene rings is 1. The first-order chi connectivity index (χ1) is 7.27. The normalized spacial score (nSPS) is 19.9. The number of rotatable bonds is 4. The summed E-state index contributed by atoms with van der Waals surface area (Å²) >= 11 is 1.81. The molecular weight excluding hydrogens is 202 g/mol. The maximum Gasteiger partial charge on any atom is 0.0107 e. The zero-order valence-corrected chi connectivity index (χ0v) is 10.6. The fourth-order valence-electron chi connectivity index (χ4n) is 2.57. The Hall–Kier alpha value is -0.340. The van der Waals surface area contributed by atoms with Gasteiger partial charge < -0.3 is 4.90 Å². The maximum absolute atomic E-state index is 2.59. The van der Waals surface area contributed by atoms with Crippen molar-refractivity contribution in [3.8, 4) is 0 Å². The Balaban J connectivity index is 1.86. The first-order valence-electron chi connectivity index (χ1n) is 6.00. The third-order valence-corrected chi connectivity index (χ3v) is 4.44. The van der Waals surface area contributed by atoms with E-state index in [-0.39, 0.29) is 0 Å². The quantitative estimate of drug-likeness (QED) is 0.754. The van der Waals surface area contributed by atoms with Crippen LogP contribution in [0.5, 0.6) is 0 Å². The van der Waals surface area contributed by atoms with E-state index < -0.39 is 0 Å². The van der Waals surface area contributed by atoms with Gasteiger partial charge in [0.05, 0.1) is 0 Å². The summed E-state index contributed by atoms with van der Waals surface area (Å²) < 4.78 is 0. The molecule has 0 bridgehead atoms. The van der Waals surface area contributed by atoms with Crippen LogP contribution in [0.3, 0.4) is 0 Å². The van der Waals surface area contributed by atoms with E-state index in [0.29, 0.717) is 6.04 Å². The highest BCUT2D eigenvalue weighted by Gasteiger charge is 2.23. The van der Waals surface area contributed by atoms with Crippen LogP contribution in [0, 0.1) is 0 Å². The van der Waals surface area contributed by atoms with Crippen LogP contribution in [-0.2, 0) is 6.42 Å². The zero-order valence-electron chi connectivity index (χ0n) is 9.78. The van der Waals surface area contributed by atoms with Crippen molar-refractivity contribution in [2.75, 3.05) is 7.05 Å². The van der Waals surface area contributed by atoms with Gasteiger partial charge in [-0.25, -0.2) is 0 Å². The highest BCUT2D eigenvalue weighted by Crippen LogP contribution is 2.24. The van der Waals surface area contributed by atoms with Gasteiger partial charge in [0.2, 0.25) is 0 Å². The molecule has 1 fully saturated rings. The molecule has 0 spiro atoms. The minimum absolute atomic E-state index is 0.683. The third kappa shape index (κ3) is 2.82. The molecular formula is C13H21NS. The summed E-state index contributed by atoms with van der Waals surface area (Å²) in [5.74, 6) is 0. The van der Waals surface area contributed by atoms with Gasteiger partial charge in [-0.3, -0.25) is 0 Å². The molecule has 0 radical (unpaired) electrons. The molecule has 1 aliphatic rings. The molecule has 1 saturated carbocycles. The van der Waals surface area contributed by atoms with E-state index in [9.17, 15) is 0 Å². The summed E-state index contributed by atoms with van der Waals surface area (Å²) in [6.45, 7) is 2.36. The van der Waals surface area contributed by atoms with Crippen LogP contribution in [0.1, 0.15) is 38.2 Å². The van der Waals surface area contributed by atoms with Gasteiger partial charge in [0.1, 0.15) is 0 Å². The fourth-order valence-corrected chi connectivity index (χ4v) is 3.25. The Labute approximate surface area is 97.1 Å². The lowest BCUT2D eigenvalue weighted by Crippen LogP contribution is -2.38. The molecule has 2 rings (SSSR count). The van der Waals surface area contributed by atoms with Gasteiger partial charge in [-0.2, -0.15) is 11.3 Å². The summed E-state index contributed by atoms with van der Waals surface area (Å²) in [4.78, 5) is 2.59. The highest BCUT2D eigenvalue weighted by atomic mass is 32.1. The van der Waals surface area contributed by atoms with Gasteiger partial charge in [-0.05, 0) is 55.6 Å². The summed E-state index contributed by atoms with van der Waals surface area (Å²) in [5.41, 5.74) is 1.50. The second kappa shape index (κ2) is 5.13. The van der Waals surface area contributed by atoms with Crippen LogP contribution < -0.4 is 0 Å². The Morgan fingerprint density at radius 1 is 1.47 bits per heavy atom. The van der Waals surface area contributed by atoms with E-state index in [4.69, 9.17) is 0 Å². The third-order valence-electron chi connectivity index (χ3n) is 3.71. The Morgan fingerprint density at radius 3 is 2.80 bits per heavy atom. The summed E-state index contributed by atoms with van der Waals surface area (Å²) in [5, 5.41) is 4.45. The fraction of sp³-hybridized carbons (Fsp3) is 0.692. The molecule has 0 N–H and O–H groups in total. The van der Waals surface area contributed by atoms with Gasteiger partial charge in [0, 0.05) is 12.1 Å². The predicted octanol–water partition coefficient (Wildman–Crippen LogP) is 3.55. The van der Waals surface area contributed by atoms with Crippen molar-refractivity contribution in [1.29, 1.82) is 0 Å². The number of nitrogens with zero attached hydrogens (tertiary/aromatic N) is 1. The van der Waals surface area contributed by atoms with Crippen molar-refractivity contribution >= 4 is 11.3 Å². The number of likely N-dealkylation sites (N-methyl/N-ethyl adjacent to an activating group) is 1. The first kappa shape index (κ1) is 11.2. The second-order valence-electron chi connectivity index (χ2n) is 4.79. The lowest BCUT2D eigenvalue weighted by molar-refractivity contribution is 0.185. The van der Waals surface area contributed by atoms with Crippen molar-refractivity contribution in [1.82, 2.24) is 4.90 Å². The molecule has 0 amide bonds. The van der Waals surface area contributed by atoms with E-state index in [2.05, 4.69) is 35.7 Å². The maximum atomic E-state index is 2.59. The van der Waals surface area contributed by atoms with E-state index >= 15 is 0 Å². The number of hydrogen-bond acceptors (Lipinski definition) is 2. The van der Waals surface area contributed by atoms with E-state index in [1.807, 2.05) is 11.3 Å². The Bertz CT molecular complexity index is 275. The minimum Gasteiger partial charge on any atom is -0.300 e. The summed E-state index contributed by atoms with van der Waals surface area (Å²) in [7, 11) is 2.30. The van der Waals surface area contributed by atoms with Crippen LogP contribution in [0.25, 0.3) is 0 Å². The smallest absolute Gasteiger partial charge is 0.0107 e. The molecule has 1 heterocycles. The molecule has 1 unspecified atom stereocenters. The zero-order chi connectivity index (χ0) is 10.7. The molecule has 1 aliphatic carbocycles. The lowest BCUT2D eigenvalue weighted by Gasteiger charge is -2.30. The monoisotopic (exact) mass is 223 g/mol. The average molecular weight is 223 g/mol. The summed E-state index contributed by atoms with van der Waals surface area (Å²) in [6, 6.07) is 3.78. The van der Waals surface area contributed by atoms with Crippen molar-refractivity contribution < 1.29 is 0 Å². The Morgan fingerprint density at radius 2 is 2.20 bits per heavy atom. The molecule has 2 heteroatoms. The van der Waals surface area contributed by atoms with E-state index in [0.717, 1.165) is 6.04 Å². The second-order valence-corrected chi connectivity index (χ2v) is 5.57. The molecule has 15 heavy (non-hydrogen) atoms. The SMILES string of the molecule is CC(Cc1ccsc1)N(C)C1CCCC1. The highest BCUT2D eigenvalue weighted by molar-refractivity contribution is 7.07. The molecule has 1 aromatic heterocycles. The van der Waals surface area contributed by atoms with Crippen molar-refractivity contribution in [2.45, 2.75) is 51.1 Å². The standard InChI is InChI=1S/C13H21NS/c1-11(9-12-7-8-15-10-12)14(2)13-5-3-4-6-13/h7-8,10-11,13H,3-6,9H2,1-2H3. The van der Waals surface area contributed by atoms with Gasteiger partial charge in [0.25, 0.3) is 0 Å². The molecule has 1 atom stereocenters. The van der Waals surface area contributed by atoms with Gasteiger partial charge in [0.15, 0.2) is 0 Å². The van der Waals surface area contributed by atoms with Crippen molar-refractivity contribution in [3.63, 3.8) is 0 Å². The van der Waals surface area contributed by atoms with Crippen LogP contribution in [-0.4, -0.2) is 24.0 Å². The topological polar surface area (TPSA) is 3.24 Å². The molecule has 0 aliphatic heterocycles. The summed E-state index contributed by atoms with van der Waals surface area (Å²) in [6.07, 6.45) is 6.88. The van der Waals surface area contributed by atoms with Crippen LogP contribution in [0.15, 0.2) is 16.8 Å². The first-order valence-corrected chi connectivity index (χ1v) is 6.94. The van der Waals surface area contributed by atoms with Crippen LogP contribution in [0.4, 0.5) is 0 Å². The van der Waals surface area contributed by atoms with Gasteiger partial charge in [-0.15, -0.1) is 0 Å². The number of hydrogen-bond donors (Lipinski definition) is 0. The molecule has 1 aromatic rings. The van der Waals surface area contributed by atoms with Crippen molar-refractivity contribution in [2.24, 2.45) is 0 Å². The molecule has 0 aromatic carbocycles. The molecule has 84 valence electrons.